The van der Waals surface area contributed by atoms with Gasteiger partial charge in [-0.25, -0.2) is 0 Å². The molecule has 70 valence electrons. The first-order chi connectivity index (χ1) is 6.24. The van der Waals surface area contributed by atoms with Crippen molar-refractivity contribution in [1.29, 1.82) is 0 Å². The van der Waals surface area contributed by atoms with Crippen molar-refractivity contribution in [3.05, 3.63) is 17.8 Å². The summed E-state index contributed by atoms with van der Waals surface area (Å²) in [6, 6.07) is 4.09. The molecular weight excluding hydrogens is 162 g/mol. The predicted molar refractivity (Wildman–Crippen MR) is 52.8 cm³/mol. The van der Waals surface area contributed by atoms with Crippen LogP contribution < -0.4 is 5.32 Å². The second kappa shape index (κ2) is 2.98. The molecule has 1 saturated carbocycles. The summed E-state index contributed by atoms with van der Waals surface area (Å²) >= 11 is 0. The predicted octanol–water partition coefficient (Wildman–Crippen LogP) is 1.96. The second-order valence-corrected chi connectivity index (χ2v) is 3.89. The maximum absolute atomic E-state index is 4.22. The minimum Gasteiger partial charge on any atom is -0.369 e. The molecule has 1 heterocycles. The lowest BCUT2D eigenvalue weighted by molar-refractivity contribution is 0.724. The minimum atomic E-state index is 0.331. The van der Waals surface area contributed by atoms with Gasteiger partial charge in [-0.1, -0.05) is 6.92 Å². The summed E-state index contributed by atoms with van der Waals surface area (Å²) in [5.74, 6) is 0.871. The normalized spacial score (nSPS) is 18.3. The van der Waals surface area contributed by atoms with Gasteiger partial charge in [0, 0.05) is 12.0 Å². The summed E-state index contributed by atoms with van der Waals surface area (Å²) in [5.41, 5.74) is 1.46. The van der Waals surface area contributed by atoms with Gasteiger partial charge in [-0.3, -0.25) is 0 Å². The molecule has 1 N–H and O–H groups in total. The zero-order chi connectivity index (χ0) is 9.31. The smallest absolute Gasteiger partial charge is 0.148 e. The Morgan fingerprint density at radius 3 is 2.62 bits per heavy atom. The summed E-state index contributed by atoms with van der Waals surface area (Å²) in [6.07, 6.45) is 2.50. The Morgan fingerprint density at radius 1 is 1.38 bits per heavy atom. The van der Waals surface area contributed by atoms with Crippen LogP contribution >= 0.6 is 0 Å². The van der Waals surface area contributed by atoms with Crippen molar-refractivity contribution in [2.75, 3.05) is 11.9 Å². The van der Waals surface area contributed by atoms with E-state index in [0.29, 0.717) is 5.41 Å². The highest BCUT2D eigenvalue weighted by atomic mass is 15.2. The first-order valence-corrected chi connectivity index (χ1v) is 4.83. The van der Waals surface area contributed by atoms with Crippen LogP contribution in [0.25, 0.3) is 0 Å². The van der Waals surface area contributed by atoms with Crippen LogP contribution in [0.15, 0.2) is 12.1 Å². The Kier molecular flexibility index (Phi) is 1.94. The summed E-state index contributed by atoms with van der Waals surface area (Å²) in [7, 11) is 0. The van der Waals surface area contributed by atoms with Crippen LogP contribution in [0.4, 0.5) is 5.82 Å². The second-order valence-electron chi connectivity index (χ2n) is 3.89. The van der Waals surface area contributed by atoms with E-state index in [1.807, 2.05) is 6.07 Å². The Hall–Kier alpha value is -1.12. The molecule has 1 aromatic heterocycles. The van der Waals surface area contributed by atoms with Crippen molar-refractivity contribution in [2.45, 2.75) is 32.1 Å². The lowest BCUT2D eigenvalue weighted by atomic mass is 10.1. The average molecular weight is 177 g/mol. The van der Waals surface area contributed by atoms with Crippen molar-refractivity contribution in [2.24, 2.45) is 0 Å². The van der Waals surface area contributed by atoms with Gasteiger partial charge in [-0.2, -0.15) is 5.10 Å². The molecule has 0 unspecified atom stereocenters. The highest BCUT2D eigenvalue weighted by Gasteiger charge is 2.40. The molecule has 0 bridgehead atoms. The van der Waals surface area contributed by atoms with E-state index < -0.39 is 0 Å². The lowest BCUT2D eigenvalue weighted by Crippen LogP contribution is -2.07. The summed E-state index contributed by atoms with van der Waals surface area (Å²) in [6.45, 7) is 5.19. The Morgan fingerprint density at radius 2 is 2.15 bits per heavy atom. The Labute approximate surface area is 78.6 Å². The first kappa shape index (κ1) is 8.48. The molecule has 1 fully saturated rings. The number of aromatic nitrogens is 2. The average Bonchev–Trinajstić information content (AvgIpc) is 2.87. The molecule has 0 aliphatic heterocycles. The number of nitrogens with one attached hydrogen (secondary N) is 1. The fourth-order valence-corrected chi connectivity index (χ4v) is 1.37. The molecule has 3 heteroatoms. The number of hydrogen-bond acceptors (Lipinski definition) is 3. The minimum absolute atomic E-state index is 0.331. The van der Waals surface area contributed by atoms with E-state index in [1.165, 1.54) is 12.8 Å². The topological polar surface area (TPSA) is 37.8 Å². The molecule has 0 aromatic carbocycles. The molecule has 3 nitrogen and oxygen atoms in total. The first-order valence-electron chi connectivity index (χ1n) is 4.83. The van der Waals surface area contributed by atoms with Gasteiger partial charge in [0.25, 0.3) is 0 Å². The molecule has 1 aliphatic rings. The van der Waals surface area contributed by atoms with Crippen molar-refractivity contribution >= 4 is 5.82 Å². The van der Waals surface area contributed by atoms with Crippen LogP contribution in [0.5, 0.6) is 0 Å². The third-order valence-electron chi connectivity index (χ3n) is 2.64. The molecule has 1 aromatic rings. The van der Waals surface area contributed by atoms with Crippen LogP contribution in [-0.2, 0) is 5.41 Å². The van der Waals surface area contributed by atoms with E-state index in [-0.39, 0.29) is 0 Å². The van der Waals surface area contributed by atoms with E-state index in [2.05, 4.69) is 35.4 Å². The van der Waals surface area contributed by atoms with E-state index in [1.54, 1.807) is 0 Å². The van der Waals surface area contributed by atoms with Gasteiger partial charge in [0.2, 0.25) is 0 Å². The SMILES string of the molecule is CCNc1ccc(C2(C)CC2)nn1. The Balaban J connectivity index is 2.14. The molecule has 0 saturated heterocycles. The van der Waals surface area contributed by atoms with Gasteiger partial charge in [0.1, 0.15) is 5.82 Å². The van der Waals surface area contributed by atoms with Gasteiger partial charge in [0.05, 0.1) is 5.69 Å². The monoisotopic (exact) mass is 177 g/mol. The maximum Gasteiger partial charge on any atom is 0.148 e. The third-order valence-corrected chi connectivity index (χ3v) is 2.64. The van der Waals surface area contributed by atoms with E-state index >= 15 is 0 Å². The molecule has 0 amide bonds. The number of rotatable bonds is 3. The van der Waals surface area contributed by atoms with Crippen molar-refractivity contribution in [3.8, 4) is 0 Å². The van der Waals surface area contributed by atoms with Crippen LogP contribution in [-0.4, -0.2) is 16.7 Å². The maximum atomic E-state index is 4.22. The highest BCUT2D eigenvalue weighted by Crippen LogP contribution is 2.46. The van der Waals surface area contributed by atoms with Crippen LogP contribution in [0.2, 0.25) is 0 Å². The molecule has 0 atom stereocenters. The quantitative estimate of drug-likeness (QED) is 0.767. The largest absolute Gasteiger partial charge is 0.369 e. The van der Waals surface area contributed by atoms with Gasteiger partial charge in [-0.05, 0) is 31.9 Å². The van der Waals surface area contributed by atoms with E-state index in [0.717, 1.165) is 18.1 Å². The number of anilines is 1. The molecule has 1 aliphatic carbocycles. The zero-order valence-electron chi connectivity index (χ0n) is 8.17. The van der Waals surface area contributed by atoms with Crippen molar-refractivity contribution in [1.82, 2.24) is 10.2 Å². The van der Waals surface area contributed by atoms with Crippen molar-refractivity contribution < 1.29 is 0 Å². The van der Waals surface area contributed by atoms with Crippen LogP contribution in [0.1, 0.15) is 32.4 Å². The van der Waals surface area contributed by atoms with Crippen LogP contribution in [0.3, 0.4) is 0 Å². The highest BCUT2D eigenvalue weighted by molar-refractivity contribution is 5.35. The summed E-state index contributed by atoms with van der Waals surface area (Å²) in [4.78, 5) is 0. The summed E-state index contributed by atoms with van der Waals surface area (Å²) < 4.78 is 0. The van der Waals surface area contributed by atoms with E-state index in [4.69, 9.17) is 0 Å². The molecule has 0 spiro atoms. The van der Waals surface area contributed by atoms with Gasteiger partial charge < -0.3 is 5.32 Å². The number of nitrogens with zero attached hydrogens (tertiary/aromatic N) is 2. The fraction of sp³-hybridized carbons (Fsp3) is 0.600. The summed E-state index contributed by atoms with van der Waals surface area (Å²) in [5, 5.41) is 11.5. The van der Waals surface area contributed by atoms with Crippen molar-refractivity contribution in [3.63, 3.8) is 0 Å². The van der Waals surface area contributed by atoms with Gasteiger partial charge >= 0.3 is 0 Å². The van der Waals surface area contributed by atoms with Gasteiger partial charge in [-0.15, -0.1) is 5.10 Å². The molecule has 0 radical (unpaired) electrons. The molecular formula is C10H15N3. The number of hydrogen-bond donors (Lipinski definition) is 1. The fourth-order valence-electron chi connectivity index (χ4n) is 1.37. The van der Waals surface area contributed by atoms with Gasteiger partial charge in [0.15, 0.2) is 0 Å². The lowest BCUT2D eigenvalue weighted by Gasteiger charge is -2.07. The Bertz CT molecular complexity index is 288. The zero-order valence-corrected chi connectivity index (χ0v) is 8.17. The third kappa shape index (κ3) is 1.64. The van der Waals surface area contributed by atoms with Crippen LogP contribution in [0, 0.1) is 0 Å². The molecule has 13 heavy (non-hydrogen) atoms. The molecule has 2 rings (SSSR count). The standard InChI is InChI=1S/C10H15N3/c1-3-11-9-5-4-8(12-13-9)10(2)6-7-10/h4-5H,3,6-7H2,1-2H3,(H,11,13). The van der Waals surface area contributed by atoms with E-state index in [9.17, 15) is 0 Å².